The van der Waals surface area contributed by atoms with E-state index in [-0.39, 0.29) is 18.8 Å². The summed E-state index contributed by atoms with van der Waals surface area (Å²) >= 11 is 0. The molecule has 1 unspecified atom stereocenters. The van der Waals surface area contributed by atoms with Crippen LogP contribution in [0, 0.1) is 5.92 Å². The zero-order valence-electron chi connectivity index (χ0n) is 18.9. The monoisotopic (exact) mass is 458 g/mol. The summed E-state index contributed by atoms with van der Waals surface area (Å²) in [7, 11) is 0. The van der Waals surface area contributed by atoms with Gasteiger partial charge in [0.2, 0.25) is 5.91 Å². The first-order chi connectivity index (χ1) is 14.8. The van der Waals surface area contributed by atoms with Crippen molar-refractivity contribution in [3.8, 4) is 0 Å². The van der Waals surface area contributed by atoms with Gasteiger partial charge in [0.1, 0.15) is 11.6 Å². The van der Waals surface area contributed by atoms with Crippen molar-refractivity contribution in [3.05, 3.63) is 35.9 Å². The van der Waals surface area contributed by atoms with E-state index in [0.717, 1.165) is 0 Å². The minimum Gasteiger partial charge on any atom is -0.480 e. The van der Waals surface area contributed by atoms with E-state index in [9.17, 15) is 28.3 Å². The number of halogens is 2. The molecule has 0 aliphatic heterocycles. The number of amides is 2. The van der Waals surface area contributed by atoms with Crippen LogP contribution < -0.4 is 10.6 Å². The Bertz CT molecular complexity index is 753. The Hall–Kier alpha value is -2.75. The second-order valence-corrected chi connectivity index (χ2v) is 8.78. The van der Waals surface area contributed by atoms with Gasteiger partial charge in [-0.1, -0.05) is 44.2 Å². The first kappa shape index (κ1) is 27.3. The van der Waals surface area contributed by atoms with Gasteiger partial charge in [0.15, 0.2) is 6.04 Å². The molecule has 1 rings (SSSR count). The average molecular weight is 459 g/mol. The molecular formula is C22H32F2N2O6. The lowest BCUT2D eigenvalue weighted by molar-refractivity contribution is -0.179. The fourth-order valence-corrected chi connectivity index (χ4v) is 2.94. The van der Waals surface area contributed by atoms with Crippen LogP contribution in [0.5, 0.6) is 0 Å². The predicted octanol–water partition coefficient (Wildman–Crippen LogP) is 3.35. The first-order valence-corrected chi connectivity index (χ1v) is 10.3. The van der Waals surface area contributed by atoms with Crippen molar-refractivity contribution in [2.24, 2.45) is 5.92 Å². The molecule has 1 aromatic carbocycles. The van der Waals surface area contributed by atoms with Gasteiger partial charge in [-0.15, -0.1) is 0 Å². The summed E-state index contributed by atoms with van der Waals surface area (Å²) in [5.41, 5.74) is -0.248. The summed E-state index contributed by atoms with van der Waals surface area (Å²) in [6.45, 7) is 5.34. The van der Waals surface area contributed by atoms with Crippen LogP contribution in [0.25, 0.3) is 0 Å². The number of carbonyl (C=O) groups excluding carboxylic acids is 2. The van der Waals surface area contributed by atoms with Crippen molar-refractivity contribution in [1.82, 2.24) is 10.6 Å². The van der Waals surface area contributed by atoms with Crippen LogP contribution in [0.1, 0.15) is 46.6 Å². The second kappa shape index (κ2) is 12.3. The van der Waals surface area contributed by atoms with E-state index < -0.39 is 48.4 Å². The van der Waals surface area contributed by atoms with E-state index in [1.54, 1.807) is 51.1 Å². The summed E-state index contributed by atoms with van der Waals surface area (Å²) in [6, 6.07) is 5.44. The molecule has 0 aliphatic carbocycles. The van der Waals surface area contributed by atoms with Gasteiger partial charge < -0.3 is 25.2 Å². The number of carbonyl (C=O) groups is 3. The van der Waals surface area contributed by atoms with Gasteiger partial charge in [0.05, 0.1) is 6.10 Å². The van der Waals surface area contributed by atoms with E-state index in [1.165, 1.54) is 0 Å². The maximum atomic E-state index is 13.0. The van der Waals surface area contributed by atoms with Gasteiger partial charge >= 0.3 is 18.7 Å². The Morgan fingerprint density at radius 3 is 2.12 bits per heavy atom. The number of carboxylic acids is 1. The largest absolute Gasteiger partial charge is 0.480 e. The highest BCUT2D eigenvalue weighted by Gasteiger charge is 2.35. The number of alkyl halides is 2. The molecule has 8 nitrogen and oxygen atoms in total. The number of nitrogens with one attached hydrogen (secondary N) is 2. The van der Waals surface area contributed by atoms with Gasteiger partial charge in [0.25, 0.3) is 0 Å². The number of hydrogen-bond donors (Lipinski definition) is 3. The lowest BCUT2D eigenvalue weighted by Crippen LogP contribution is -2.57. The molecule has 3 atom stereocenters. The minimum absolute atomic E-state index is 0.0404. The van der Waals surface area contributed by atoms with E-state index in [0.29, 0.717) is 5.56 Å². The van der Waals surface area contributed by atoms with Crippen molar-refractivity contribution in [2.75, 3.05) is 0 Å². The number of carboxylic acid groups (broad SMARTS) is 1. The summed E-state index contributed by atoms with van der Waals surface area (Å²) in [5.74, 6) is -2.42. The van der Waals surface area contributed by atoms with Gasteiger partial charge in [-0.25, -0.2) is 9.59 Å². The normalized spacial score (nSPS) is 14.5. The molecule has 180 valence electrons. The fraction of sp³-hybridized carbons (Fsp3) is 0.591. The summed E-state index contributed by atoms with van der Waals surface area (Å²) in [6.07, 6.45) is -2.39. The summed E-state index contributed by atoms with van der Waals surface area (Å²) in [5, 5.41) is 14.3. The van der Waals surface area contributed by atoms with E-state index in [4.69, 9.17) is 4.74 Å². The van der Waals surface area contributed by atoms with Crippen molar-refractivity contribution in [3.63, 3.8) is 0 Å². The molecule has 0 heterocycles. The van der Waals surface area contributed by atoms with Crippen molar-refractivity contribution >= 4 is 18.0 Å². The molecule has 10 heteroatoms. The topological polar surface area (TPSA) is 114 Å². The molecule has 0 fully saturated rings. The van der Waals surface area contributed by atoms with Gasteiger partial charge in [-0.05, 0) is 38.7 Å². The lowest BCUT2D eigenvalue weighted by atomic mass is 9.99. The van der Waals surface area contributed by atoms with Crippen molar-refractivity contribution in [1.29, 1.82) is 0 Å². The molecular weight excluding hydrogens is 426 g/mol. The van der Waals surface area contributed by atoms with Gasteiger partial charge in [0, 0.05) is 6.42 Å². The minimum atomic E-state index is -3.24. The van der Waals surface area contributed by atoms with Crippen LogP contribution in [0.4, 0.5) is 13.6 Å². The number of rotatable bonds is 11. The quantitative estimate of drug-likeness (QED) is 0.469. The Morgan fingerprint density at radius 2 is 1.66 bits per heavy atom. The molecule has 3 N–H and O–H groups in total. The van der Waals surface area contributed by atoms with Crippen LogP contribution in [-0.2, 0) is 25.5 Å². The smallest absolute Gasteiger partial charge is 0.408 e. The van der Waals surface area contributed by atoms with Gasteiger partial charge in [-0.3, -0.25) is 4.79 Å². The first-order valence-electron chi connectivity index (χ1n) is 10.3. The highest BCUT2D eigenvalue weighted by Crippen LogP contribution is 2.15. The van der Waals surface area contributed by atoms with Crippen LogP contribution in [-0.4, -0.2) is 53.5 Å². The van der Waals surface area contributed by atoms with Crippen LogP contribution in [0.15, 0.2) is 30.3 Å². The summed E-state index contributed by atoms with van der Waals surface area (Å²) < 4.78 is 35.7. The average Bonchev–Trinajstić information content (AvgIpc) is 2.63. The van der Waals surface area contributed by atoms with Gasteiger partial charge in [-0.2, -0.15) is 8.78 Å². The maximum Gasteiger partial charge on any atom is 0.408 e. The van der Waals surface area contributed by atoms with Crippen molar-refractivity contribution < 1.29 is 37.7 Å². The Balaban J connectivity index is 3.05. The molecule has 0 saturated heterocycles. The second-order valence-electron chi connectivity index (χ2n) is 8.78. The number of benzene rings is 1. The predicted molar refractivity (Wildman–Crippen MR) is 113 cm³/mol. The lowest BCUT2D eigenvalue weighted by Gasteiger charge is -2.28. The fourth-order valence-electron chi connectivity index (χ4n) is 2.94. The number of hydrogen-bond acceptors (Lipinski definition) is 5. The molecule has 0 saturated carbocycles. The molecule has 0 aliphatic rings. The highest BCUT2D eigenvalue weighted by molar-refractivity contribution is 5.89. The van der Waals surface area contributed by atoms with Crippen LogP contribution in [0.3, 0.4) is 0 Å². The Kier molecular flexibility index (Phi) is 10.5. The molecule has 0 bridgehead atoms. The number of aliphatic carboxylic acids is 1. The van der Waals surface area contributed by atoms with E-state index in [1.807, 2.05) is 13.8 Å². The standard InChI is InChI=1S/C22H32F2N2O6/c1-13(2)11-15(25-21(30)32-22(3,4)5)18(27)26-17(19(28)29)16(31-20(23)24)12-14-9-7-6-8-10-14/h6-10,13,15-17,20H,11-12H2,1-5H3,(H,25,30)(H,26,27)(H,28,29)/t15-,16?,17-/m0/s1. The molecule has 0 radical (unpaired) electrons. The van der Waals surface area contributed by atoms with E-state index >= 15 is 0 Å². The third-order valence-electron chi connectivity index (χ3n) is 4.21. The molecule has 0 aromatic heterocycles. The van der Waals surface area contributed by atoms with Crippen molar-refractivity contribution in [2.45, 2.75) is 77.9 Å². The molecule has 2 amide bonds. The Morgan fingerprint density at radius 1 is 1.06 bits per heavy atom. The maximum absolute atomic E-state index is 13.0. The third kappa shape index (κ3) is 10.5. The zero-order chi connectivity index (χ0) is 24.5. The van der Waals surface area contributed by atoms with Crippen LogP contribution in [0.2, 0.25) is 0 Å². The molecule has 0 spiro atoms. The molecule has 32 heavy (non-hydrogen) atoms. The highest BCUT2D eigenvalue weighted by atomic mass is 19.3. The third-order valence-corrected chi connectivity index (χ3v) is 4.21. The number of ether oxygens (including phenoxy) is 2. The number of alkyl carbamates (subject to hydrolysis) is 1. The SMILES string of the molecule is CC(C)C[C@H](NC(=O)OC(C)(C)C)C(=O)N[C@H](C(=O)O)C(Cc1ccccc1)OC(F)F. The zero-order valence-corrected chi connectivity index (χ0v) is 18.9. The molecule has 1 aromatic rings. The van der Waals surface area contributed by atoms with E-state index in [2.05, 4.69) is 15.4 Å². The summed E-state index contributed by atoms with van der Waals surface area (Å²) in [4.78, 5) is 36.8. The van der Waals surface area contributed by atoms with Crippen LogP contribution >= 0.6 is 0 Å². The Labute approximate surface area is 186 Å².